The molecule has 9 nitrogen and oxygen atoms in total. The number of carbonyl (C=O) groups excluding carboxylic acids is 3. The summed E-state index contributed by atoms with van der Waals surface area (Å²) in [4.78, 5) is 30.8. The standard InChI is InChI=1S/2C8H16O2.C7H15NO3.Mg.H2O/c2*1-3-5-7(6-4-2)8(9)10;1-8(2,3)5-6(9)4-7(10)11;;/h2*7H,3-6H2,1-2H3,(H,9,10);6,9H,4-5H2,1-3H3;;1H2/q;;;+2;/p-2/t;;6-;;/m..1../s1. The van der Waals surface area contributed by atoms with E-state index in [1.165, 1.54) is 0 Å². The van der Waals surface area contributed by atoms with Crippen molar-refractivity contribution in [1.82, 2.24) is 0 Å². The summed E-state index contributed by atoms with van der Waals surface area (Å²) in [5, 5.41) is 39.9. The van der Waals surface area contributed by atoms with Gasteiger partial charge in [-0.2, -0.15) is 0 Å². The smallest absolute Gasteiger partial charge is 0.550 e. The SMILES string of the molecule is CCCC(CCC)C(=O)[O-].CCCC(CCC)C(=O)[O-].C[N+](C)(C)C[C@H](O)CC(=O)[O-].O.[Mg+2]. The number of aliphatic carboxylic acids is 3. The van der Waals surface area contributed by atoms with Crippen molar-refractivity contribution in [1.29, 1.82) is 0 Å². The molecule has 0 aliphatic heterocycles. The average molecular weight is 490 g/mol. The van der Waals surface area contributed by atoms with E-state index >= 15 is 0 Å². The average Bonchev–Trinajstić information content (AvgIpc) is 2.60. The minimum atomic E-state index is -1.20. The summed E-state index contributed by atoms with van der Waals surface area (Å²) in [6.07, 6.45) is 5.67. The number of rotatable bonds is 14. The normalized spacial score (nSPS) is 11.1. The van der Waals surface area contributed by atoms with Crippen molar-refractivity contribution in [2.75, 3.05) is 27.7 Å². The van der Waals surface area contributed by atoms with Crippen LogP contribution in [-0.4, -0.2) is 89.8 Å². The maximum Gasteiger partial charge on any atom is 2.00 e. The maximum absolute atomic E-state index is 10.4. The number of aliphatic hydroxyl groups is 1. The van der Waals surface area contributed by atoms with Crippen LogP contribution in [0.5, 0.6) is 0 Å². The van der Waals surface area contributed by atoms with Crippen LogP contribution in [0.3, 0.4) is 0 Å². The Balaban J connectivity index is -0.000000115. The molecule has 0 aromatic carbocycles. The van der Waals surface area contributed by atoms with E-state index in [0.717, 1.165) is 51.4 Å². The van der Waals surface area contributed by atoms with Crippen LogP contribution in [0, 0.1) is 11.8 Å². The number of likely N-dealkylation sites (N-methyl/N-ethyl adjacent to an activating group) is 1. The van der Waals surface area contributed by atoms with Gasteiger partial charge in [-0.05, 0) is 37.5 Å². The second-order valence-electron chi connectivity index (χ2n) is 8.89. The molecule has 194 valence electrons. The summed E-state index contributed by atoms with van der Waals surface area (Å²) in [6, 6.07) is 0. The number of aliphatic hydroxyl groups excluding tert-OH is 1. The zero-order valence-electron chi connectivity index (χ0n) is 21.9. The Morgan fingerprint density at radius 2 is 1.00 bits per heavy atom. The number of carbonyl (C=O) groups is 3. The summed E-state index contributed by atoms with van der Waals surface area (Å²) in [6.45, 7) is 8.39. The number of hydrogen-bond acceptors (Lipinski definition) is 7. The fourth-order valence-corrected chi connectivity index (χ4v) is 3.04. The Hall–Kier alpha value is -0.944. The molecule has 0 aliphatic rings. The van der Waals surface area contributed by atoms with Crippen molar-refractivity contribution in [2.24, 2.45) is 11.8 Å². The molecule has 0 aliphatic carbocycles. The Bertz CT molecular complexity index is 446. The summed E-state index contributed by atoms with van der Waals surface area (Å²) < 4.78 is 0.550. The Morgan fingerprint density at radius 3 is 1.15 bits per heavy atom. The molecule has 0 aromatic heterocycles. The zero-order chi connectivity index (χ0) is 25.0. The van der Waals surface area contributed by atoms with Gasteiger partial charge in [0.05, 0.1) is 21.1 Å². The van der Waals surface area contributed by atoms with E-state index in [1.54, 1.807) is 0 Å². The molecule has 0 fully saturated rings. The number of quaternary nitrogens is 1. The van der Waals surface area contributed by atoms with Gasteiger partial charge in [-0.3, -0.25) is 0 Å². The molecule has 0 unspecified atom stereocenters. The largest absolute Gasteiger partial charge is 2.00 e. The molecule has 10 heteroatoms. The molecular formula is C23H47MgNO8. The monoisotopic (exact) mass is 489 g/mol. The van der Waals surface area contributed by atoms with Crippen molar-refractivity contribution >= 4 is 41.0 Å². The van der Waals surface area contributed by atoms with Crippen molar-refractivity contribution in [3.63, 3.8) is 0 Å². The third-order valence-corrected chi connectivity index (χ3v) is 4.38. The fraction of sp³-hybridized carbons (Fsp3) is 0.870. The molecule has 3 N–H and O–H groups in total. The number of carboxylic acid groups (broad SMARTS) is 3. The van der Waals surface area contributed by atoms with E-state index in [-0.39, 0.29) is 46.8 Å². The molecule has 33 heavy (non-hydrogen) atoms. The zero-order valence-corrected chi connectivity index (χ0v) is 23.3. The van der Waals surface area contributed by atoms with Gasteiger partial charge in [0.1, 0.15) is 12.6 Å². The van der Waals surface area contributed by atoms with E-state index in [2.05, 4.69) is 0 Å². The molecule has 0 spiro atoms. The molecule has 0 rings (SSSR count). The number of nitrogens with zero attached hydrogens (tertiary/aromatic N) is 1. The molecular weight excluding hydrogens is 443 g/mol. The van der Waals surface area contributed by atoms with Crippen LogP contribution in [-0.2, 0) is 14.4 Å². The van der Waals surface area contributed by atoms with Crippen LogP contribution in [0.15, 0.2) is 0 Å². The molecule has 0 aromatic rings. The first-order valence-electron chi connectivity index (χ1n) is 11.3. The molecule has 1 atom stereocenters. The molecule has 0 heterocycles. The Morgan fingerprint density at radius 1 is 0.727 bits per heavy atom. The Labute approximate surface area is 216 Å². The van der Waals surface area contributed by atoms with Gasteiger partial charge in [0.15, 0.2) is 0 Å². The molecule has 0 saturated heterocycles. The van der Waals surface area contributed by atoms with Gasteiger partial charge in [0.2, 0.25) is 0 Å². The number of carboxylic acids is 3. The minimum absolute atomic E-state index is 0. The molecule has 0 saturated carbocycles. The summed E-state index contributed by atoms with van der Waals surface area (Å²) in [5.74, 6) is -3.40. The minimum Gasteiger partial charge on any atom is -0.550 e. The first-order chi connectivity index (χ1) is 14.2. The second-order valence-corrected chi connectivity index (χ2v) is 8.89. The van der Waals surface area contributed by atoms with Gasteiger partial charge < -0.3 is 44.8 Å². The predicted octanol–water partition coefficient (Wildman–Crippen LogP) is -1.11. The maximum atomic E-state index is 10.4. The van der Waals surface area contributed by atoms with Gasteiger partial charge in [-0.1, -0.05) is 53.4 Å². The summed E-state index contributed by atoms with van der Waals surface area (Å²) in [5.41, 5.74) is 0. The summed E-state index contributed by atoms with van der Waals surface area (Å²) >= 11 is 0. The van der Waals surface area contributed by atoms with Crippen LogP contribution in [0.1, 0.15) is 85.5 Å². The van der Waals surface area contributed by atoms with Gasteiger partial charge >= 0.3 is 23.1 Å². The van der Waals surface area contributed by atoms with Gasteiger partial charge in [-0.15, -0.1) is 0 Å². The third-order valence-electron chi connectivity index (χ3n) is 4.38. The fourth-order valence-electron chi connectivity index (χ4n) is 3.04. The van der Waals surface area contributed by atoms with E-state index in [9.17, 15) is 29.7 Å². The third kappa shape index (κ3) is 33.3. The van der Waals surface area contributed by atoms with Crippen LogP contribution in [0.25, 0.3) is 0 Å². The van der Waals surface area contributed by atoms with Crippen molar-refractivity contribution in [2.45, 2.75) is 91.6 Å². The van der Waals surface area contributed by atoms with Gasteiger partial charge in [-0.25, -0.2) is 0 Å². The van der Waals surface area contributed by atoms with Crippen LogP contribution in [0.2, 0.25) is 0 Å². The van der Waals surface area contributed by atoms with Crippen molar-refractivity contribution in [3.8, 4) is 0 Å². The van der Waals surface area contributed by atoms with Crippen molar-refractivity contribution in [3.05, 3.63) is 0 Å². The van der Waals surface area contributed by atoms with Gasteiger partial charge in [0, 0.05) is 24.3 Å². The van der Waals surface area contributed by atoms with E-state index in [0.29, 0.717) is 11.0 Å². The Kier molecular flexibility index (Phi) is 32.9. The first kappa shape index (κ1) is 42.2. The molecule has 0 bridgehead atoms. The number of hydrogen-bond donors (Lipinski definition) is 1. The molecule has 0 amide bonds. The van der Waals surface area contributed by atoms with Crippen LogP contribution in [0.4, 0.5) is 0 Å². The quantitative estimate of drug-likeness (QED) is 0.238. The van der Waals surface area contributed by atoms with E-state index < -0.39 is 24.0 Å². The second kappa shape index (κ2) is 25.7. The van der Waals surface area contributed by atoms with E-state index in [4.69, 9.17) is 5.11 Å². The van der Waals surface area contributed by atoms with Crippen LogP contribution < -0.4 is 15.3 Å². The topological polar surface area (TPSA) is 172 Å². The van der Waals surface area contributed by atoms with Crippen LogP contribution >= 0.6 is 0 Å². The van der Waals surface area contributed by atoms with E-state index in [1.807, 2.05) is 48.8 Å². The van der Waals surface area contributed by atoms with Gasteiger partial charge in [0.25, 0.3) is 0 Å². The predicted molar refractivity (Wildman–Crippen MR) is 125 cm³/mol. The summed E-state index contributed by atoms with van der Waals surface area (Å²) in [7, 11) is 5.66. The first-order valence-corrected chi connectivity index (χ1v) is 11.3. The molecule has 0 radical (unpaired) electrons. The van der Waals surface area contributed by atoms with Crippen molar-refractivity contribution < 1.29 is 44.8 Å².